The van der Waals surface area contributed by atoms with Gasteiger partial charge in [0.2, 0.25) is 0 Å². The number of likely N-dealkylation sites (N-methyl/N-ethyl adjacent to an activating group) is 1. The number of amides is 1. The predicted molar refractivity (Wildman–Crippen MR) is 78.5 cm³/mol. The summed E-state index contributed by atoms with van der Waals surface area (Å²) in [5.74, 6) is -0.475. The molecule has 0 aliphatic heterocycles. The Balaban J connectivity index is 3.03. The summed E-state index contributed by atoms with van der Waals surface area (Å²) in [4.78, 5) is 17.0. The molecular weight excluding hydrogens is 321 g/mol. The van der Waals surface area contributed by atoms with Gasteiger partial charge in [-0.1, -0.05) is 25.4 Å². The number of hydrogen-bond acceptors (Lipinski definition) is 3. The van der Waals surface area contributed by atoms with Gasteiger partial charge in [0, 0.05) is 7.05 Å². The normalized spacial score (nSPS) is 13.1. The van der Waals surface area contributed by atoms with Crippen molar-refractivity contribution in [1.29, 1.82) is 0 Å². The molecule has 4 nitrogen and oxygen atoms in total. The van der Waals surface area contributed by atoms with E-state index in [0.29, 0.717) is 0 Å². The van der Waals surface area contributed by atoms with Crippen molar-refractivity contribution in [2.24, 2.45) is 5.92 Å². The largest absolute Gasteiger partial charge is 0.416 e. The van der Waals surface area contributed by atoms with Crippen molar-refractivity contribution in [1.82, 2.24) is 5.06 Å². The number of hydrogen-bond donors (Lipinski definition) is 1. The van der Waals surface area contributed by atoms with E-state index in [2.05, 4.69) is 5.32 Å². The average Bonchev–Trinajstić information content (AvgIpc) is 2.42. The lowest BCUT2D eigenvalue weighted by atomic mass is 10.0. The van der Waals surface area contributed by atoms with Gasteiger partial charge in [0.25, 0.3) is 5.91 Å². The van der Waals surface area contributed by atoms with Gasteiger partial charge >= 0.3 is 6.18 Å². The third-order valence-electron chi connectivity index (χ3n) is 3.12. The summed E-state index contributed by atoms with van der Waals surface area (Å²) < 4.78 is 37.8. The standard InChI is InChI=1S/C14H18ClF3N2O2/c1-8(2)12(13(21)20(3)22-4)19-11-6-5-9(7-10(11)15)14(16,17)18/h5-8,12,19H,1-4H3/t12-/m0/s1. The first-order chi connectivity index (χ1) is 10.1. The van der Waals surface area contributed by atoms with Crippen molar-refractivity contribution in [3.8, 4) is 0 Å². The average molecular weight is 339 g/mol. The number of benzene rings is 1. The molecule has 1 atom stereocenters. The number of nitrogens with zero attached hydrogens (tertiary/aromatic N) is 1. The topological polar surface area (TPSA) is 41.6 Å². The molecule has 0 bridgehead atoms. The van der Waals surface area contributed by atoms with E-state index >= 15 is 0 Å². The highest BCUT2D eigenvalue weighted by molar-refractivity contribution is 6.33. The molecule has 0 saturated heterocycles. The Bertz CT molecular complexity index is 535. The molecule has 0 saturated carbocycles. The molecule has 8 heteroatoms. The van der Waals surface area contributed by atoms with Gasteiger partial charge in [0.15, 0.2) is 0 Å². The van der Waals surface area contributed by atoms with Crippen molar-refractivity contribution in [3.05, 3.63) is 28.8 Å². The zero-order valence-electron chi connectivity index (χ0n) is 12.7. The Morgan fingerprint density at radius 1 is 1.36 bits per heavy atom. The van der Waals surface area contributed by atoms with Gasteiger partial charge in [0.05, 0.1) is 23.4 Å². The molecule has 0 heterocycles. The first-order valence-corrected chi connectivity index (χ1v) is 6.90. The summed E-state index contributed by atoms with van der Waals surface area (Å²) in [5, 5.41) is 3.82. The van der Waals surface area contributed by atoms with E-state index in [1.165, 1.54) is 20.2 Å². The summed E-state index contributed by atoms with van der Waals surface area (Å²) in [6, 6.07) is 2.27. The molecule has 124 valence electrons. The van der Waals surface area contributed by atoms with Crippen LogP contribution < -0.4 is 5.32 Å². The van der Waals surface area contributed by atoms with Gasteiger partial charge in [-0.3, -0.25) is 9.63 Å². The van der Waals surface area contributed by atoms with Crippen molar-refractivity contribution < 1.29 is 22.8 Å². The molecule has 22 heavy (non-hydrogen) atoms. The van der Waals surface area contributed by atoms with Gasteiger partial charge in [-0.25, -0.2) is 5.06 Å². The van der Waals surface area contributed by atoms with Crippen LogP contribution in [0.1, 0.15) is 19.4 Å². The second kappa shape index (κ2) is 7.19. The molecule has 0 aliphatic rings. The smallest absolute Gasteiger partial charge is 0.372 e. The molecule has 0 unspecified atom stereocenters. The second-order valence-corrected chi connectivity index (χ2v) is 5.48. The summed E-state index contributed by atoms with van der Waals surface area (Å²) in [7, 11) is 2.80. The number of rotatable bonds is 5. The van der Waals surface area contributed by atoms with Crippen LogP contribution in [0.2, 0.25) is 5.02 Å². The summed E-state index contributed by atoms with van der Waals surface area (Å²) in [5.41, 5.74) is -0.587. The first kappa shape index (κ1) is 18.6. The Morgan fingerprint density at radius 3 is 2.36 bits per heavy atom. The number of halogens is 4. The lowest BCUT2D eigenvalue weighted by Gasteiger charge is -2.26. The van der Waals surface area contributed by atoms with Gasteiger partial charge in [-0.05, 0) is 24.1 Å². The Labute approximate surface area is 132 Å². The minimum absolute atomic E-state index is 0.103. The van der Waals surface area contributed by atoms with Crippen LogP contribution in [0.5, 0.6) is 0 Å². The Hall–Kier alpha value is -1.47. The maximum atomic E-state index is 12.6. The molecular formula is C14H18ClF3N2O2. The van der Waals surface area contributed by atoms with Crippen LogP contribution in [0.25, 0.3) is 0 Å². The van der Waals surface area contributed by atoms with Crippen LogP contribution >= 0.6 is 11.6 Å². The van der Waals surface area contributed by atoms with E-state index in [-0.39, 0.29) is 22.5 Å². The highest BCUT2D eigenvalue weighted by Gasteiger charge is 2.31. The predicted octanol–water partition coefficient (Wildman–Crippen LogP) is 3.82. The van der Waals surface area contributed by atoms with Crippen LogP contribution in [0, 0.1) is 5.92 Å². The quantitative estimate of drug-likeness (QED) is 0.830. The van der Waals surface area contributed by atoms with E-state index in [0.717, 1.165) is 17.2 Å². The summed E-state index contributed by atoms with van der Waals surface area (Å²) >= 11 is 5.88. The van der Waals surface area contributed by atoms with Crippen molar-refractivity contribution >= 4 is 23.2 Å². The summed E-state index contributed by atoms with van der Waals surface area (Å²) in [6.45, 7) is 3.61. The number of nitrogens with one attached hydrogen (secondary N) is 1. The minimum atomic E-state index is -4.47. The second-order valence-electron chi connectivity index (χ2n) is 5.08. The maximum Gasteiger partial charge on any atom is 0.416 e. The van der Waals surface area contributed by atoms with Gasteiger partial charge in [-0.2, -0.15) is 13.2 Å². The molecule has 1 N–H and O–H groups in total. The van der Waals surface area contributed by atoms with E-state index in [1.54, 1.807) is 13.8 Å². The molecule has 1 amide bonds. The van der Waals surface area contributed by atoms with Gasteiger partial charge in [-0.15, -0.1) is 0 Å². The van der Waals surface area contributed by atoms with E-state index in [1.807, 2.05) is 0 Å². The molecule has 1 aromatic carbocycles. The van der Waals surface area contributed by atoms with Gasteiger partial charge in [0.1, 0.15) is 6.04 Å². The zero-order valence-corrected chi connectivity index (χ0v) is 13.4. The van der Waals surface area contributed by atoms with E-state index in [4.69, 9.17) is 16.4 Å². The number of carbonyl (C=O) groups excluding carboxylic acids is 1. The lowest BCUT2D eigenvalue weighted by Crippen LogP contribution is -2.43. The lowest BCUT2D eigenvalue weighted by molar-refractivity contribution is -0.170. The number of hydroxylamine groups is 2. The molecule has 0 fully saturated rings. The maximum absolute atomic E-state index is 12.6. The monoisotopic (exact) mass is 338 g/mol. The summed E-state index contributed by atoms with van der Waals surface area (Å²) in [6.07, 6.45) is -4.47. The molecule has 0 spiro atoms. The Morgan fingerprint density at radius 2 is 1.95 bits per heavy atom. The highest BCUT2D eigenvalue weighted by atomic mass is 35.5. The van der Waals surface area contributed by atoms with Crippen LogP contribution in [-0.4, -0.2) is 31.2 Å². The van der Waals surface area contributed by atoms with E-state index < -0.39 is 17.8 Å². The fraction of sp³-hybridized carbons (Fsp3) is 0.500. The van der Waals surface area contributed by atoms with Crippen LogP contribution in [0.3, 0.4) is 0 Å². The Kier molecular flexibility index (Phi) is 6.08. The fourth-order valence-corrected chi connectivity index (χ4v) is 2.01. The van der Waals surface area contributed by atoms with Crippen LogP contribution in [0.4, 0.5) is 18.9 Å². The van der Waals surface area contributed by atoms with Crippen molar-refractivity contribution in [2.75, 3.05) is 19.5 Å². The molecule has 0 radical (unpaired) electrons. The van der Waals surface area contributed by atoms with Gasteiger partial charge < -0.3 is 5.32 Å². The molecule has 1 rings (SSSR count). The molecule has 0 aliphatic carbocycles. The SMILES string of the molecule is CON(C)C(=O)[C@@H](Nc1ccc(C(F)(F)F)cc1Cl)C(C)C. The van der Waals surface area contributed by atoms with Crippen molar-refractivity contribution in [2.45, 2.75) is 26.1 Å². The van der Waals surface area contributed by atoms with E-state index in [9.17, 15) is 18.0 Å². The molecule has 0 aromatic heterocycles. The third-order valence-corrected chi connectivity index (χ3v) is 3.44. The number of anilines is 1. The number of carbonyl (C=O) groups is 1. The fourth-order valence-electron chi connectivity index (χ4n) is 1.78. The number of alkyl halides is 3. The highest BCUT2D eigenvalue weighted by Crippen LogP contribution is 2.34. The zero-order chi connectivity index (χ0) is 17.1. The first-order valence-electron chi connectivity index (χ1n) is 6.53. The van der Waals surface area contributed by atoms with Crippen molar-refractivity contribution in [3.63, 3.8) is 0 Å². The van der Waals surface area contributed by atoms with Crippen LogP contribution in [0.15, 0.2) is 18.2 Å². The van der Waals surface area contributed by atoms with Crippen LogP contribution in [-0.2, 0) is 15.8 Å². The third kappa shape index (κ3) is 4.51. The molecule has 1 aromatic rings. The minimum Gasteiger partial charge on any atom is -0.372 e.